The van der Waals surface area contributed by atoms with Gasteiger partial charge in [0.05, 0.1) is 12.7 Å². The molecule has 9 nitrogen and oxygen atoms in total. The van der Waals surface area contributed by atoms with Crippen molar-refractivity contribution in [2.75, 3.05) is 46.4 Å². The van der Waals surface area contributed by atoms with E-state index in [1.165, 1.54) is 12.8 Å². The van der Waals surface area contributed by atoms with Crippen molar-refractivity contribution in [1.82, 2.24) is 19.8 Å². The molecule has 1 spiro atoms. The van der Waals surface area contributed by atoms with E-state index in [1.54, 1.807) is 6.07 Å². The maximum Gasteiger partial charge on any atom is 0.317 e. The summed E-state index contributed by atoms with van der Waals surface area (Å²) < 4.78 is 35.0. The Morgan fingerprint density at radius 1 is 1.22 bits per heavy atom. The summed E-state index contributed by atoms with van der Waals surface area (Å²) in [4.78, 5) is 16.9. The quantitative estimate of drug-likeness (QED) is 0.551. The van der Waals surface area contributed by atoms with Crippen LogP contribution in [0.2, 0.25) is 0 Å². The minimum atomic E-state index is -3.85. The lowest BCUT2D eigenvalue weighted by atomic mass is 9.78. The highest BCUT2D eigenvalue weighted by atomic mass is 32.2. The van der Waals surface area contributed by atoms with Gasteiger partial charge in [0.1, 0.15) is 10.6 Å². The topological polar surface area (TPSA) is 111 Å². The molecule has 10 heteroatoms. The molecule has 3 aliphatic rings. The molecule has 2 fully saturated rings. The number of carbonyl (C=O) groups excluding carboxylic acids is 1. The molecule has 0 radical (unpaired) electrons. The van der Waals surface area contributed by atoms with Gasteiger partial charge in [-0.15, -0.1) is 0 Å². The molecule has 1 saturated heterocycles. The number of β-amino-alcohol motifs (C(OH)–C–C–N with tert-alkyl or cyclic N) is 1. The van der Waals surface area contributed by atoms with Gasteiger partial charge in [-0.25, -0.2) is 17.9 Å². The maximum atomic E-state index is 13.1. The molecule has 1 saturated carbocycles. The van der Waals surface area contributed by atoms with Gasteiger partial charge in [-0.1, -0.05) is 32.8 Å². The smallest absolute Gasteiger partial charge is 0.317 e. The second-order valence-corrected chi connectivity index (χ2v) is 13.0. The first-order valence-electron chi connectivity index (χ1n) is 13.3. The number of urea groups is 1. The van der Waals surface area contributed by atoms with Crippen LogP contribution in [0.4, 0.5) is 4.79 Å². The van der Waals surface area contributed by atoms with E-state index in [-0.39, 0.29) is 34.8 Å². The van der Waals surface area contributed by atoms with Crippen molar-refractivity contribution in [3.8, 4) is 5.75 Å². The van der Waals surface area contributed by atoms with E-state index in [4.69, 9.17) is 4.74 Å². The van der Waals surface area contributed by atoms with E-state index in [2.05, 4.69) is 23.9 Å². The summed E-state index contributed by atoms with van der Waals surface area (Å²) in [5.41, 5.74) is 0.737. The number of nitrogens with one attached hydrogen (secondary N) is 2. The number of piperidine rings is 1. The summed E-state index contributed by atoms with van der Waals surface area (Å²) in [5.74, 6) is 0.562. The van der Waals surface area contributed by atoms with Crippen LogP contribution in [-0.2, 0) is 10.0 Å². The Labute approximate surface area is 215 Å². The molecule has 3 N–H and O–H groups in total. The normalized spacial score (nSPS) is 25.6. The third-order valence-electron chi connectivity index (χ3n) is 7.89. The number of aliphatic hydroxyl groups is 1. The number of ether oxygens (including phenoxy) is 1. The molecule has 2 heterocycles. The molecular weight excluding hydrogens is 480 g/mol. The summed E-state index contributed by atoms with van der Waals surface area (Å²) in [6, 6.07) is 5.54. The average Bonchev–Trinajstić information content (AvgIpc) is 3.34. The largest absolute Gasteiger partial charge is 0.492 e. The van der Waals surface area contributed by atoms with Crippen LogP contribution < -0.4 is 14.8 Å². The van der Waals surface area contributed by atoms with Crippen molar-refractivity contribution in [2.24, 2.45) is 5.41 Å². The predicted molar refractivity (Wildman–Crippen MR) is 139 cm³/mol. The molecule has 1 aromatic carbocycles. The van der Waals surface area contributed by atoms with Gasteiger partial charge in [-0.2, -0.15) is 0 Å². The van der Waals surface area contributed by atoms with Crippen molar-refractivity contribution in [3.63, 3.8) is 0 Å². The second kappa shape index (κ2) is 11.2. The molecule has 1 aliphatic carbocycles. The minimum Gasteiger partial charge on any atom is -0.492 e. The number of hydrogen-bond acceptors (Lipinski definition) is 6. The molecule has 202 valence electrons. The third-order valence-corrected chi connectivity index (χ3v) is 9.35. The zero-order valence-electron chi connectivity index (χ0n) is 21.8. The zero-order valence-corrected chi connectivity index (χ0v) is 22.6. The first kappa shape index (κ1) is 27.2. The average molecular weight is 523 g/mol. The Balaban J connectivity index is 1.55. The molecule has 4 rings (SSSR count). The number of likely N-dealkylation sites (tertiary alicyclic amines) is 1. The van der Waals surface area contributed by atoms with Gasteiger partial charge < -0.3 is 25.0 Å². The van der Waals surface area contributed by atoms with Crippen LogP contribution in [0.3, 0.4) is 0 Å². The molecule has 1 unspecified atom stereocenters. The van der Waals surface area contributed by atoms with Crippen LogP contribution in [0.15, 0.2) is 23.1 Å². The summed E-state index contributed by atoms with van der Waals surface area (Å²) in [5, 5.41) is 13.7. The lowest BCUT2D eigenvalue weighted by Crippen LogP contribution is -2.54. The number of fused-ring (bicyclic) bond motifs is 1. The van der Waals surface area contributed by atoms with Crippen molar-refractivity contribution in [2.45, 2.75) is 75.3 Å². The van der Waals surface area contributed by atoms with Gasteiger partial charge in [0.25, 0.3) is 0 Å². The summed E-state index contributed by atoms with van der Waals surface area (Å²) in [6.07, 6.45) is 5.12. The fraction of sp³-hybridized carbons (Fsp3) is 0.731. The van der Waals surface area contributed by atoms with Crippen LogP contribution in [-0.4, -0.2) is 87.9 Å². The standard InChI is InChI=1S/C26H42N4O5S/c1-19(2)20-8-9-24-23(14-20)35-18-26(17-29(3)16-22(31)15-27-36(24,33)34)10-12-30(13-11-26)25(32)28-21-6-4-5-7-21/h8-9,14,19,21-22,27,31H,4-7,10-13,15-18H2,1-3H3,(H,28,32). The highest BCUT2D eigenvalue weighted by Crippen LogP contribution is 2.36. The van der Waals surface area contributed by atoms with Gasteiger partial charge in [-0.3, -0.25) is 0 Å². The Morgan fingerprint density at radius 2 is 1.92 bits per heavy atom. The van der Waals surface area contributed by atoms with E-state index in [0.717, 1.165) is 31.2 Å². The number of sulfonamides is 1. The number of likely N-dealkylation sites (N-methyl/N-ethyl adjacent to an activating group) is 1. The van der Waals surface area contributed by atoms with Crippen molar-refractivity contribution in [3.05, 3.63) is 23.8 Å². The first-order valence-corrected chi connectivity index (χ1v) is 14.7. The number of nitrogens with zero attached hydrogens (tertiary/aromatic N) is 2. The number of benzene rings is 1. The predicted octanol–water partition coefficient (Wildman–Crippen LogP) is 2.51. The molecular formula is C26H42N4O5S. The first-order chi connectivity index (χ1) is 17.1. The number of hydrogen-bond donors (Lipinski definition) is 3. The Kier molecular flexibility index (Phi) is 8.49. The van der Waals surface area contributed by atoms with Crippen LogP contribution in [0.5, 0.6) is 5.75 Å². The third kappa shape index (κ3) is 6.51. The molecule has 0 bridgehead atoms. The van der Waals surface area contributed by atoms with Crippen LogP contribution in [0.1, 0.15) is 63.9 Å². The van der Waals surface area contributed by atoms with Gasteiger partial charge in [0, 0.05) is 44.2 Å². The van der Waals surface area contributed by atoms with Crippen LogP contribution in [0, 0.1) is 5.41 Å². The summed E-state index contributed by atoms with van der Waals surface area (Å²) in [7, 11) is -1.91. The number of aliphatic hydroxyl groups excluding tert-OH is 1. The van der Waals surface area contributed by atoms with E-state index in [0.29, 0.717) is 38.5 Å². The lowest BCUT2D eigenvalue weighted by molar-refractivity contribution is 0.0240. The SMILES string of the molecule is CC(C)c1ccc2c(c1)OCC1(CCN(C(=O)NC3CCCC3)CC1)CN(C)CC(O)CNS2(=O)=O. The van der Waals surface area contributed by atoms with E-state index < -0.39 is 16.1 Å². The van der Waals surface area contributed by atoms with E-state index in [1.807, 2.05) is 29.0 Å². The minimum absolute atomic E-state index is 0.0127. The number of rotatable bonds is 2. The summed E-state index contributed by atoms with van der Waals surface area (Å²) in [6.45, 7) is 6.67. The number of carbonyl (C=O) groups is 1. The highest BCUT2D eigenvalue weighted by Gasteiger charge is 2.39. The lowest BCUT2D eigenvalue weighted by Gasteiger charge is -2.44. The van der Waals surface area contributed by atoms with Crippen LogP contribution >= 0.6 is 0 Å². The summed E-state index contributed by atoms with van der Waals surface area (Å²) >= 11 is 0. The molecule has 36 heavy (non-hydrogen) atoms. The van der Waals surface area contributed by atoms with Gasteiger partial charge >= 0.3 is 6.03 Å². The monoisotopic (exact) mass is 522 g/mol. The fourth-order valence-corrected chi connectivity index (χ4v) is 6.86. The number of amides is 2. The fourth-order valence-electron chi connectivity index (χ4n) is 5.66. The highest BCUT2D eigenvalue weighted by molar-refractivity contribution is 7.89. The second-order valence-electron chi connectivity index (χ2n) is 11.3. The molecule has 1 atom stereocenters. The van der Waals surface area contributed by atoms with Gasteiger partial charge in [-0.05, 0) is 56.3 Å². The van der Waals surface area contributed by atoms with Gasteiger partial charge in [0.15, 0.2) is 0 Å². The molecule has 2 aliphatic heterocycles. The van der Waals surface area contributed by atoms with Crippen molar-refractivity contribution < 1.29 is 23.1 Å². The Morgan fingerprint density at radius 3 is 2.58 bits per heavy atom. The Hall–Kier alpha value is -1.88. The van der Waals surface area contributed by atoms with E-state index in [9.17, 15) is 18.3 Å². The maximum absolute atomic E-state index is 13.1. The van der Waals surface area contributed by atoms with Crippen molar-refractivity contribution >= 4 is 16.1 Å². The van der Waals surface area contributed by atoms with Crippen LogP contribution in [0.25, 0.3) is 0 Å². The van der Waals surface area contributed by atoms with Crippen molar-refractivity contribution in [1.29, 1.82) is 0 Å². The Bertz CT molecular complexity index is 1020. The van der Waals surface area contributed by atoms with E-state index >= 15 is 0 Å². The molecule has 1 aromatic rings. The zero-order chi connectivity index (χ0) is 25.9. The molecule has 0 aromatic heterocycles. The molecule has 2 amide bonds. The van der Waals surface area contributed by atoms with Gasteiger partial charge in [0.2, 0.25) is 10.0 Å².